The van der Waals surface area contributed by atoms with Gasteiger partial charge in [-0.15, -0.1) is 0 Å². The molecule has 0 aliphatic rings. The van der Waals surface area contributed by atoms with Crippen LogP contribution in [0.25, 0.3) is 11.1 Å². The average molecular weight is 239 g/mol. The fourth-order valence-electron chi connectivity index (χ4n) is 1.56. The number of aromatic nitrogens is 1. The molecule has 0 bridgehead atoms. The van der Waals surface area contributed by atoms with Gasteiger partial charge in [-0.05, 0) is 17.7 Å². The normalized spacial score (nSPS) is 15.2. The van der Waals surface area contributed by atoms with Crippen molar-refractivity contribution in [2.45, 2.75) is 19.1 Å². The molecule has 0 radical (unpaired) electrons. The summed E-state index contributed by atoms with van der Waals surface area (Å²) in [5.41, 5.74) is 1.96. The lowest BCUT2D eigenvalue weighted by Gasteiger charge is -2.15. The Morgan fingerprint density at radius 2 is 2.19 bits per heavy atom. The van der Waals surface area contributed by atoms with Crippen molar-refractivity contribution in [2.75, 3.05) is 5.75 Å². The van der Waals surface area contributed by atoms with Crippen LogP contribution in [0.15, 0.2) is 22.6 Å². The zero-order valence-corrected chi connectivity index (χ0v) is 9.69. The van der Waals surface area contributed by atoms with Crippen molar-refractivity contribution < 1.29 is 14.6 Å². The Bertz CT molecular complexity index is 497. The van der Waals surface area contributed by atoms with Crippen molar-refractivity contribution >= 4 is 23.7 Å². The van der Waals surface area contributed by atoms with Crippen LogP contribution >= 0.6 is 12.6 Å². The van der Waals surface area contributed by atoms with Crippen LogP contribution in [0, 0.1) is 6.92 Å². The third-order valence-corrected chi connectivity index (χ3v) is 2.79. The average Bonchev–Trinajstić information content (AvgIpc) is 2.65. The van der Waals surface area contributed by atoms with Gasteiger partial charge in [-0.1, -0.05) is 6.07 Å². The summed E-state index contributed by atoms with van der Waals surface area (Å²) in [6.45, 7) is 1.76. The fourth-order valence-corrected chi connectivity index (χ4v) is 1.76. The van der Waals surface area contributed by atoms with Crippen LogP contribution in [0.5, 0.6) is 0 Å². The predicted molar refractivity (Wildman–Crippen MR) is 63.6 cm³/mol. The van der Waals surface area contributed by atoms with Crippen LogP contribution in [-0.2, 0) is 0 Å². The van der Waals surface area contributed by atoms with Gasteiger partial charge in [0.15, 0.2) is 11.5 Å². The van der Waals surface area contributed by atoms with Gasteiger partial charge in [0.2, 0.25) is 0 Å². The molecule has 0 aliphatic carbocycles. The number of oxazole rings is 1. The highest BCUT2D eigenvalue weighted by atomic mass is 32.1. The Kier molecular flexibility index (Phi) is 3.18. The molecule has 2 N–H and O–H groups in total. The summed E-state index contributed by atoms with van der Waals surface area (Å²) >= 11 is 3.94. The Morgan fingerprint density at radius 3 is 2.88 bits per heavy atom. The van der Waals surface area contributed by atoms with Crippen LogP contribution < -0.4 is 0 Å². The summed E-state index contributed by atoms with van der Waals surface area (Å²) in [6, 6.07) is 5.17. The summed E-state index contributed by atoms with van der Waals surface area (Å²) in [7, 11) is 0. The lowest BCUT2D eigenvalue weighted by molar-refractivity contribution is 0.0338. The number of aryl methyl sites for hydroxylation is 1. The Balaban J connectivity index is 2.38. The standard InChI is InChI=1S/C11H13NO3S/c1-6-12-8-3-2-7(4-10(8)15-6)11(14)9(13)5-16/h2-4,9,11,13-14,16H,5H2,1H3. The number of rotatable bonds is 3. The molecule has 2 aromatic rings. The van der Waals surface area contributed by atoms with E-state index in [0.717, 1.165) is 5.52 Å². The molecular formula is C11H13NO3S. The molecule has 1 aromatic heterocycles. The van der Waals surface area contributed by atoms with Gasteiger partial charge in [0.25, 0.3) is 0 Å². The fraction of sp³-hybridized carbons (Fsp3) is 0.364. The minimum Gasteiger partial charge on any atom is -0.441 e. The lowest BCUT2D eigenvalue weighted by atomic mass is 10.1. The molecule has 0 saturated heterocycles. The Labute approximate surface area is 98.3 Å². The molecular weight excluding hydrogens is 226 g/mol. The quantitative estimate of drug-likeness (QED) is 0.709. The molecule has 0 spiro atoms. The van der Waals surface area contributed by atoms with Crippen LogP contribution in [0.3, 0.4) is 0 Å². The minimum atomic E-state index is -0.952. The van der Waals surface area contributed by atoms with Gasteiger partial charge in [-0.2, -0.15) is 12.6 Å². The van der Waals surface area contributed by atoms with Gasteiger partial charge >= 0.3 is 0 Å². The van der Waals surface area contributed by atoms with Crippen molar-refractivity contribution in [1.29, 1.82) is 0 Å². The predicted octanol–water partition coefficient (Wildman–Crippen LogP) is 1.46. The number of aliphatic hydroxyl groups is 2. The number of nitrogens with zero attached hydrogens (tertiary/aromatic N) is 1. The van der Waals surface area contributed by atoms with Gasteiger partial charge in [0, 0.05) is 12.7 Å². The van der Waals surface area contributed by atoms with Crippen LogP contribution in [0.2, 0.25) is 0 Å². The van der Waals surface area contributed by atoms with E-state index >= 15 is 0 Å². The Hall–Kier alpha value is -1.04. The maximum atomic E-state index is 9.79. The van der Waals surface area contributed by atoms with Gasteiger partial charge in [-0.3, -0.25) is 0 Å². The highest BCUT2D eigenvalue weighted by molar-refractivity contribution is 7.80. The molecule has 2 atom stereocenters. The molecule has 0 saturated carbocycles. The SMILES string of the molecule is Cc1nc2ccc(C(O)C(O)CS)cc2o1. The van der Waals surface area contributed by atoms with Gasteiger partial charge in [0.05, 0.1) is 6.10 Å². The number of fused-ring (bicyclic) bond motifs is 1. The first-order valence-corrected chi connectivity index (χ1v) is 5.59. The summed E-state index contributed by atoms with van der Waals surface area (Å²) in [6.07, 6.45) is -1.84. The van der Waals surface area contributed by atoms with E-state index in [1.54, 1.807) is 25.1 Å². The summed E-state index contributed by atoms with van der Waals surface area (Å²) < 4.78 is 5.35. The summed E-state index contributed by atoms with van der Waals surface area (Å²) in [4.78, 5) is 4.15. The topological polar surface area (TPSA) is 66.5 Å². The van der Waals surface area contributed by atoms with Crippen molar-refractivity contribution in [3.05, 3.63) is 29.7 Å². The van der Waals surface area contributed by atoms with E-state index in [2.05, 4.69) is 17.6 Å². The molecule has 0 fully saturated rings. The number of thiol groups is 1. The highest BCUT2D eigenvalue weighted by Crippen LogP contribution is 2.23. The van der Waals surface area contributed by atoms with E-state index in [0.29, 0.717) is 17.0 Å². The van der Waals surface area contributed by atoms with Gasteiger partial charge in [0.1, 0.15) is 11.6 Å². The number of benzene rings is 1. The first-order valence-electron chi connectivity index (χ1n) is 4.96. The second-order valence-corrected chi connectivity index (χ2v) is 4.02. The number of aliphatic hydroxyl groups excluding tert-OH is 2. The first kappa shape index (κ1) is 11.4. The first-order chi connectivity index (χ1) is 7.61. The highest BCUT2D eigenvalue weighted by Gasteiger charge is 2.17. The van der Waals surface area contributed by atoms with Crippen molar-refractivity contribution in [2.24, 2.45) is 0 Å². The minimum absolute atomic E-state index is 0.203. The van der Waals surface area contributed by atoms with Crippen molar-refractivity contribution in [3.8, 4) is 0 Å². The van der Waals surface area contributed by atoms with E-state index in [9.17, 15) is 10.2 Å². The maximum absolute atomic E-state index is 9.79. The molecule has 1 heterocycles. The molecule has 0 aliphatic heterocycles. The summed E-state index contributed by atoms with van der Waals surface area (Å²) in [5, 5.41) is 19.3. The van der Waals surface area contributed by atoms with Gasteiger partial charge in [-0.25, -0.2) is 4.98 Å². The van der Waals surface area contributed by atoms with E-state index in [4.69, 9.17) is 4.42 Å². The number of hydrogen-bond donors (Lipinski definition) is 3. The van der Waals surface area contributed by atoms with Crippen LogP contribution in [0.4, 0.5) is 0 Å². The molecule has 2 rings (SSSR count). The molecule has 86 valence electrons. The van der Waals surface area contributed by atoms with E-state index in [1.165, 1.54) is 0 Å². The lowest BCUT2D eigenvalue weighted by Crippen LogP contribution is -2.19. The van der Waals surface area contributed by atoms with E-state index in [1.807, 2.05) is 0 Å². The molecule has 1 aromatic carbocycles. The zero-order valence-electron chi connectivity index (χ0n) is 8.79. The molecule has 5 heteroatoms. The van der Waals surface area contributed by atoms with Crippen molar-refractivity contribution in [1.82, 2.24) is 4.98 Å². The largest absolute Gasteiger partial charge is 0.441 e. The molecule has 0 amide bonds. The number of hydrogen-bond acceptors (Lipinski definition) is 5. The Morgan fingerprint density at radius 1 is 1.44 bits per heavy atom. The van der Waals surface area contributed by atoms with Gasteiger partial charge < -0.3 is 14.6 Å². The monoisotopic (exact) mass is 239 g/mol. The summed E-state index contributed by atoms with van der Waals surface area (Å²) in [5.74, 6) is 0.783. The third kappa shape index (κ3) is 2.07. The molecule has 16 heavy (non-hydrogen) atoms. The maximum Gasteiger partial charge on any atom is 0.192 e. The zero-order chi connectivity index (χ0) is 11.7. The molecule has 2 unspecified atom stereocenters. The second-order valence-electron chi connectivity index (χ2n) is 3.65. The van der Waals surface area contributed by atoms with Crippen LogP contribution in [0.1, 0.15) is 17.6 Å². The van der Waals surface area contributed by atoms with E-state index in [-0.39, 0.29) is 5.75 Å². The van der Waals surface area contributed by atoms with Crippen molar-refractivity contribution in [3.63, 3.8) is 0 Å². The smallest absolute Gasteiger partial charge is 0.192 e. The van der Waals surface area contributed by atoms with E-state index < -0.39 is 12.2 Å². The third-order valence-electron chi connectivity index (χ3n) is 2.41. The molecule has 4 nitrogen and oxygen atoms in total. The second kappa shape index (κ2) is 4.45. The van der Waals surface area contributed by atoms with Crippen LogP contribution in [-0.4, -0.2) is 27.1 Å².